The van der Waals surface area contributed by atoms with E-state index in [0.717, 1.165) is 11.1 Å². The summed E-state index contributed by atoms with van der Waals surface area (Å²) in [4.78, 5) is 12.6. The molecule has 0 atom stereocenters. The third kappa shape index (κ3) is 3.58. The van der Waals surface area contributed by atoms with E-state index >= 15 is 0 Å². The third-order valence-corrected chi connectivity index (χ3v) is 4.18. The lowest BCUT2D eigenvalue weighted by Crippen LogP contribution is -2.13. The Labute approximate surface area is 159 Å². The van der Waals surface area contributed by atoms with Crippen molar-refractivity contribution in [3.05, 3.63) is 71.2 Å². The number of nitrogens with zero attached hydrogens (tertiary/aromatic N) is 3. The van der Waals surface area contributed by atoms with Crippen molar-refractivity contribution in [2.24, 2.45) is 0 Å². The minimum Gasteiger partial charge on any atom is -0.423 e. The van der Waals surface area contributed by atoms with Gasteiger partial charge in [-0.3, -0.25) is 4.79 Å². The number of benzene rings is 2. The Hall–Kier alpha value is -3.45. The van der Waals surface area contributed by atoms with Gasteiger partial charge in [0.05, 0.1) is 0 Å². The molecule has 0 fully saturated rings. The molecule has 0 spiro atoms. The third-order valence-electron chi connectivity index (χ3n) is 3.94. The lowest BCUT2D eigenvalue weighted by molar-refractivity contribution is 0.101. The summed E-state index contributed by atoms with van der Waals surface area (Å²) in [6, 6.07) is 14.1. The van der Waals surface area contributed by atoms with Crippen LogP contribution in [0.1, 0.15) is 16.1 Å². The Morgan fingerprint density at radius 2 is 2.00 bits per heavy atom. The number of carbonyl (C=O) groups is 1. The zero-order valence-electron chi connectivity index (χ0n) is 14.1. The zero-order chi connectivity index (χ0) is 18.8. The van der Waals surface area contributed by atoms with Crippen LogP contribution in [0.4, 0.5) is 5.69 Å². The summed E-state index contributed by atoms with van der Waals surface area (Å²) in [5.41, 5.74) is 3.09. The molecule has 4 rings (SSSR count). The van der Waals surface area contributed by atoms with Gasteiger partial charge in [-0.25, -0.2) is 0 Å². The first-order valence-electron chi connectivity index (χ1n) is 8.01. The van der Waals surface area contributed by atoms with Crippen molar-refractivity contribution in [2.75, 3.05) is 5.32 Å². The number of rotatable bonds is 4. The number of nitrogens with one attached hydrogen (secondary N) is 1. The second-order valence-corrected chi connectivity index (χ2v) is 6.25. The summed E-state index contributed by atoms with van der Waals surface area (Å²) in [5.74, 6) is 0.437. The van der Waals surface area contributed by atoms with Gasteiger partial charge in [0.2, 0.25) is 12.3 Å². The Kier molecular flexibility index (Phi) is 4.43. The van der Waals surface area contributed by atoms with E-state index in [2.05, 4.69) is 20.7 Å². The summed E-state index contributed by atoms with van der Waals surface area (Å²) >= 11 is 5.99. The van der Waals surface area contributed by atoms with Gasteiger partial charge in [0.1, 0.15) is 0 Å². The van der Waals surface area contributed by atoms with Gasteiger partial charge in [0.15, 0.2) is 11.5 Å². The molecule has 0 aliphatic carbocycles. The van der Waals surface area contributed by atoms with Gasteiger partial charge >= 0.3 is 0 Å². The number of aryl methyl sites for hydroxylation is 1. The highest BCUT2D eigenvalue weighted by molar-refractivity contribution is 6.30. The molecule has 7 nitrogen and oxygen atoms in total. The number of halogens is 1. The maximum Gasteiger partial charge on any atom is 0.277 e. The van der Waals surface area contributed by atoms with Crippen molar-refractivity contribution in [1.29, 1.82) is 0 Å². The van der Waals surface area contributed by atoms with E-state index in [1.165, 1.54) is 6.39 Å². The van der Waals surface area contributed by atoms with Gasteiger partial charge in [-0.1, -0.05) is 35.0 Å². The van der Waals surface area contributed by atoms with Crippen LogP contribution in [-0.4, -0.2) is 21.3 Å². The van der Waals surface area contributed by atoms with E-state index < -0.39 is 5.91 Å². The van der Waals surface area contributed by atoms with Crippen LogP contribution in [0.2, 0.25) is 5.02 Å². The first-order valence-corrected chi connectivity index (χ1v) is 8.39. The van der Waals surface area contributed by atoms with Crippen molar-refractivity contribution < 1.29 is 13.7 Å². The molecule has 0 aliphatic rings. The van der Waals surface area contributed by atoms with E-state index in [9.17, 15) is 4.79 Å². The smallest absolute Gasteiger partial charge is 0.277 e. The topological polar surface area (TPSA) is 94.1 Å². The molecule has 27 heavy (non-hydrogen) atoms. The molecule has 2 aromatic carbocycles. The second-order valence-electron chi connectivity index (χ2n) is 5.81. The maximum atomic E-state index is 12.6. The van der Waals surface area contributed by atoms with Crippen LogP contribution >= 0.6 is 11.6 Å². The largest absolute Gasteiger partial charge is 0.423 e. The summed E-state index contributed by atoms with van der Waals surface area (Å²) < 4.78 is 10.5. The predicted molar refractivity (Wildman–Crippen MR) is 99.4 cm³/mol. The van der Waals surface area contributed by atoms with Crippen LogP contribution in [-0.2, 0) is 0 Å². The summed E-state index contributed by atoms with van der Waals surface area (Å²) in [7, 11) is 0. The Bertz CT molecular complexity index is 1110. The van der Waals surface area contributed by atoms with Crippen molar-refractivity contribution in [2.45, 2.75) is 6.92 Å². The molecule has 8 heteroatoms. The highest BCUT2D eigenvalue weighted by atomic mass is 35.5. The van der Waals surface area contributed by atoms with Gasteiger partial charge in [0, 0.05) is 27.9 Å². The fourth-order valence-electron chi connectivity index (χ4n) is 2.53. The summed E-state index contributed by atoms with van der Waals surface area (Å²) in [6.07, 6.45) is 1.25. The molecular formula is C19H13ClN4O3. The zero-order valence-corrected chi connectivity index (χ0v) is 14.9. The Morgan fingerprint density at radius 1 is 1.11 bits per heavy atom. The molecule has 1 amide bonds. The first kappa shape index (κ1) is 17.0. The van der Waals surface area contributed by atoms with Crippen LogP contribution in [0, 0.1) is 6.92 Å². The monoisotopic (exact) mass is 380 g/mol. The van der Waals surface area contributed by atoms with Gasteiger partial charge in [-0.15, -0.1) is 10.2 Å². The molecule has 0 radical (unpaired) electrons. The minimum absolute atomic E-state index is 0.160. The SMILES string of the molecule is Cc1ccc(-c2nnco2)cc1NC(=O)c1cc(-c2cccc(Cl)c2)on1. The molecule has 0 saturated carbocycles. The second kappa shape index (κ2) is 7.05. The molecular weight excluding hydrogens is 368 g/mol. The average molecular weight is 381 g/mol. The average Bonchev–Trinajstić information content (AvgIpc) is 3.36. The van der Waals surface area contributed by atoms with Crippen LogP contribution in [0.25, 0.3) is 22.8 Å². The molecule has 0 bridgehead atoms. The number of hydrogen-bond donors (Lipinski definition) is 1. The molecule has 2 aromatic heterocycles. The van der Waals surface area contributed by atoms with E-state index in [4.69, 9.17) is 20.5 Å². The minimum atomic E-state index is -0.391. The van der Waals surface area contributed by atoms with Crippen molar-refractivity contribution in [1.82, 2.24) is 15.4 Å². The number of carbonyl (C=O) groups excluding carboxylic acids is 1. The fraction of sp³-hybridized carbons (Fsp3) is 0.0526. The normalized spacial score (nSPS) is 10.7. The van der Waals surface area contributed by atoms with Crippen LogP contribution in [0.15, 0.2) is 63.9 Å². The molecule has 0 saturated heterocycles. The van der Waals surface area contributed by atoms with Crippen LogP contribution < -0.4 is 5.32 Å². The molecule has 0 unspecified atom stereocenters. The number of amides is 1. The molecule has 1 N–H and O–H groups in total. The van der Waals surface area contributed by atoms with Crippen molar-refractivity contribution >= 4 is 23.2 Å². The molecule has 4 aromatic rings. The van der Waals surface area contributed by atoms with Crippen molar-refractivity contribution in [3.63, 3.8) is 0 Å². The van der Waals surface area contributed by atoms with E-state index in [1.807, 2.05) is 25.1 Å². The molecule has 2 heterocycles. The molecule has 0 aliphatic heterocycles. The highest BCUT2D eigenvalue weighted by Crippen LogP contribution is 2.26. The first-order chi connectivity index (χ1) is 13.1. The Morgan fingerprint density at radius 3 is 2.78 bits per heavy atom. The number of anilines is 1. The molecule has 134 valence electrons. The number of aromatic nitrogens is 3. The number of hydrogen-bond acceptors (Lipinski definition) is 6. The van der Waals surface area contributed by atoms with Crippen LogP contribution in [0.5, 0.6) is 0 Å². The van der Waals surface area contributed by atoms with E-state index in [-0.39, 0.29) is 5.69 Å². The van der Waals surface area contributed by atoms with Gasteiger partial charge in [-0.05, 0) is 36.8 Å². The summed E-state index contributed by atoms with van der Waals surface area (Å²) in [6.45, 7) is 1.88. The standard InChI is InChI=1S/C19H13ClN4O3/c1-11-5-6-13(19-23-21-10-26-19)8-15(11)22-18(25)16-9-17(27-24-16)12-3-2-4-14(20)7-12/h2-10H,1H3,(H,22,25). The van der Waals surface area contributed by atoms with Gasteiger partial charge < -0.3 is 14.3 Å². The lowest BCUT2D eigenvalue weighted by Gasteiger charge is -2.08. The highest BCUT2D eigenvalue weighted by Gasteiger charge is 2.16. The van der Waals surface area contributed by atoms with Gasteiger partial charge in [0.25, 0.3) is 5.91 Å². The Balaban J connectivity index is 1.57. The van der Waals surface area contributed by atoms with Gasteiger partial charge in [-0.2, -0.15) is 0 Å². The van der Waals surface area contributed by atoms with Crippen LogP contribution in [0.3, 0.4) is 0 Å². The fourth-order valence-corrected chi connectivity index (χ4v) is 2.73. The maximum absolute atomic E-state index is 12.6. The summed E-state index contributed by atoms with van der Waals surface area (Å²) in [5, 5.41) is 14.8. The van der Waals surface area contributed by atoms with E-state index in [1.54, 1.807) is 30.3 Å². The van der Waals surface area contributed by atoms with E-state index in [0.29, 0.717) is 27.9 Å². The predicted octanol–water partition coefficient (Wildman–Crippen LogP) is 4.61. The lowest BCUT2D eigenvalue weighted by atomic mass is 10.1. The van der Waals surface area contributed by atoms with Crippen molar-refractivity contribution in [3.8, 4) is 22.8 Å². The quantitative estimate of drug-likeness (QED) is 0.555.